The lowest BCUT2D eigenvalue weighted by Gasteiger charge is -2.36. The molecule has 3 heterocycles. The zero-order valence-electron chi connectivity index (χ0n) is 19.4. The fourth-order valence-electron chi connectivity index (χ4n) is 4.47. The van der Waals surface area contributed by atoms with E-state index in [9.17, 15) is 4.79 Å². The summed E-state index contributed by atoms with van der Waals surface area (Å²) in [6.45, 7) is 12.3. The Balaban J connectivity index is 1.20. The van der Waals surface area contributed by atoms with E-state index in [0.717, 1.165) is 76.8 Å². The zero-order chi connectivity index (χ0) is 22.3. The van der Waals surface area contributed by atoms with E-state index in [1.807, 2.05) is 30.5 Å². The van der Waals surface area contributed by atoms with Crippen LogP contribution in [0.2, 0.25) is 0 Å². The van der Waals surface area contributed by atoms with Gasteiger partial charge >= 0.3 is 0 Å². The second kappa shape index (κ2) is 10.9. The highest BCUT2D eigenvalue weighted by atomic mass is 16.1. The molecule has 1 atom stereocenters. The molecule has 0 aliphatic carbocycles. The molecule has 2 aromatic rings. The van der Waals surface area contributed by atoms with Crippen molar-refractivity contribution < 1.29 is 4.79 Å². The lowest BCUT2D eigenvalue weighted by atomic mass is 10.1. The second-order valence-electron chi connectivity index (χ2n) is 9.13. The van der Waals surface area contributed by atoms with Gasteiger partial charge in [0, 0.05) is 83.2 Å². The first-order valence-corrected chi connectivity index (χ1v) is 11.8. The van der Waals surface area contributed by atoms with E-state index in [1.54, 1.807) is 0 Å². The first kappa shape index (κ1) is 22.7. The monoisotopic (exact) mass is 436 g/mol. The Kier molecular flexibility index (Phi) is 7.73. The van der Waals surface area contributed by atoms with Crippen molar-refractivity contribution in [3.63, 3.8) is 0 Å². The van der Waals surface area contributed by atoms with Crippen molar-refractivity contribution in [2.24, 2.45) is 0 Å². The number of amides is 1. The molecule has 7 nitrogen and oxygen atoms in total. The van der Waals surface area contributed by atoms with Gasteiger partial charge < -0.3 is 15.1 Å². The molecule has 0 radical (unpaired) electrons. The van der Waals surface area contributed by atoms with Crippen LogP contribution >= 0.6 is 0 Å². The lowest BCUT2D eigenvalue weighted by molar-refractivity contribution is 0.0928. The van der Waals surface area contributed by atoms with Crippen LogP contribution < -0.4 is 10.2 Å². The summed E-state index contributed by atoms with van der Waals surface area (Å²) in [5.74, 6) is 1.06. The molecule has 1 amide bonds. The van der Waals surface area contributed by atoms with E-state index in [4.69, 9.17) is 0 Å². The molecule has 2 saturated heterocycles. The molecule has 7 heteroatoms. The summed E-state index contributed by atoms with van der Waals surface area (Å²) in [5.41, 5.74) is 2.00. The summed E-state index contributed by atoms with van der Waals surface area (Å²) in [6, 6.07) is 14.3. The average molecular weight is 437 g/mol. The van der Waals surface area contributed by atoms with Crippen molar-refractivity contribution in [2.45, 2.75) is 19.5 Å². The van der Waals surface area contributed by atoms with E-state index < -0.39 is 0 Å². The van der Waals surface area contributed by atoms with Gasteiger partial charge in [-0.25, -0.2) is 4.98 Å². The van der Waals surface area contributed by atoms with Crippen molar-refractivity contribution in [1.29, 1.82) is 0 Å². The molecule has 1 unspecified atom stereocenters. The third kappa shape index (κ3) is 6.28. The smallest absolute Gasteiger partial charge is 0.251 e. The number of carbonyl (C=O) groups is 1. The highest BCUT2D eigenvalue weighted by Gasteiger charge is 2.20. The topological polar surface area (TPSA) is 55.0 Å². The molecule has 1 aromatic heterocycles. The Morgan fingerprint density at radius 1 is 0.938 bits per heavy atom. The quantitative estimate of drug-likeness (QED) is 0.714. The minimum absolute atomic E-state index is 0.00997. The molecule has 32 heavy (non-hydrogen) atoms. The van der Waals surface area contributed by atoms with Gasteiger partial charge in [-0.05, 0) is 43.8 Å². The summed E-state index contributed by atoms with van der Waals surface area (Å²) < 4.78 is 0. The Hall–Kier alpha value is -2.48. The summed E-state index contributed by atoms with van der Waals surface area (Å²) in [6.07, 6.45) is 1.85. The Morgan fingerprint density at radius 2 is 1.62 bits per heavy atom. The number of carbonyl (C=O) groups excluding carboxylic acids is 1. The number of anilines is 1. The molecule has 0 bridgehead atoms. The van der Waals surface area contributed by atoms with Gasteiger partial charge in [0.25, 0.3) is 5.91 Å². The van der Waals surface area contributed by atoms with Gasteiger partial charge in [-0.3, -0.25) is 14.6 Å². The maximum Gasteiger partial charge on any atom is 0.251 e. The van der Waals surface area contributed by atoms with Crippen LogP contribution in [0.25, 0.3) is 0 Å². The Labute approximate surface area is 192 Å². The predicted octanol–water partition coefficient (Wildman–Crippen LogP) is 1.77. The van der Waals surface area contributed by atoms with Crippen LogP contribution in [-0.4, -0.2) is 97.6 Å². The van der Waals surface area contributed by atoms with E-state index in [2.05, 4.69) is 62.1 Å². The van der Waals surface area contributed by atoms with Crippen LogP contribution in [0, 0.1) is 0 Å². The number of aromatic nitrogens is 1. The molecule has 2 fully saturated rings. The van der Waals surface area contributed by atoms with Gasteiger partial charge in [0.15, 0.2) is 0 Å². The number of likely N-dealkylation sites (N-methyl/N-ethyl adjacent to an activating group) is 1. The van der Waals surface area contributed by atoms with Crippen molar-refractivity contribution in [2.75, 3.05) is 70.9 Å². The predicted molar refractivity (Wildman–Crippen MR) is 129 cm³/mol. The number of nitrogens with zero attached hydrogens (tertiary/aromatic N) is 5. The molecule has 0 spiro atoms. The summed E-state index contributed by atoms with van der Waals surface area (Å²) >= 11 is 0. The van der Waals surface area contributed by atoms with Crippen LogP contribution in [0.3, 0.4) is 0 Å². The van der Waals surface area contributed by atoms with Crippen LogP contribution in [0.4, 0.5) is 5.82 Å². The van der Waals surface area contributed by atoms with E-state index in [0.29, 0.717) is 0 Å². The van der Waals surface area contributed by atoms with Crippen molar-refractivity contribution >= 4 is 11.7 Å². The van der Waals surface area contributed by atoms with Gasteiger partial charge in [0.2, 0.25) is 0 Å². The molecular formula is C25H36N6O. The largest absolute Gasteiger partial charge is 0.354 e. The molecule has 2 aliphatic rings. The number of rotatable bonds is 7. The first-order chi connectivity index (χ1) is 15.6. The number of hydrogen-bond donors (Lipinski definition) is 1. The molecule has 2 aliphatic heterocycles. The molecule has 172 valence electrons. The van der Waals surface area contributed by atoms with Gasteiger partial charge in [-0.15, -0.1) is 0 Å². The molecule has 1 N–H and O–H groups in total. The maximum atomic E-state index is 12.7. The number of pyridine rings is 1. The van der Waals surface area contributed by atoms with E-state index >= 15 is 0 Å². The van der Waals surface area contributed by atoms with Crippen molar-refractivity contribution in [3.8, 4) is 0 Å². The highest BCUT2D eigenvalue weighted by molar-refractivity contribution is 5.94. The zero-order valence-corrected chi connectivity index (χ0v) is 19.4. The highest BCUT2D eigenvalue weighted by Crippen LogP contribution is 2.13. The number of benzene rings is 1. The molecule has 1 aromatic carbocycles. The van der Waals surface area contributed by atoms with Crippen LogP contribution in [0.1, 0.15) is 22.8 Å². The fraction of sp³-hybridized carbons (Fsp3) is 0.520. The SMILES string of the molecule is CC(CN1CCN(c2ccccn2)CC1)NC(=O)c1ccc(CN2CCN(C)CC2)cc1. The van der Waals surface area contributed by atoms with Gasteiger partial charge in [-0.1, -0.05) is 18.2 Å². The van der Waals surface area contributed by atoms with Crippen molar-refractivity contribution in [3.05, 3.63) is 59.8 Å². The van der Waals surface area contributed by atoms with Crippen LogP contribution in [0.15, 0.2) is 48.7 Å². The third-order valence-corrected chi connectivity index (χ3v) is 6.47. The van der Waals surface area contributed by atoms with Crippen LogP contribution in [-0.2, 0) is 6.54 Å². The Morgan fingerprint density at radius 3 is 2.28 bits per heavy atom. The van der Waals surface area contributed by atoms with E-state index in [1.165, 1.54) is 5.56 Å². The normalized spacial score (nSPS) is 19.6. The minimum atomic E-state index is 0.00997. The number of nitrogens with one attached hydrogen (secondary N) is 1. The average Bonchev–Trinajstić information content (AvgIpc) is 2.82. The maximum absolute atomic E-state index is 12.7. The summed E-state index contributed by atoms with van der Waals surface area (Å²) in [5, 5.41) is 3.17. The molecule has 4 rings (SSSR count). The van der Waals surface area contributed by atoms with Gasteiger partial charge in [0.05, 0.1) is 0 Å². The second-order valence-corrected chi connectivity index (χ2v) is 9.13. The third-order valence-electron chi connectivity index (χ3n) is 6.47. The van der Waals surface area contributed by atoms with E-state index in [-0.39, 0.29) is 11.9 Å². The summed E-state index contributed by atoms with van der Waals surface area (Å²) in [7, 11) is 2.17. The molecule has 0 saturated carbocycles. The number of hydrogen-bond acceptors (Lipinski definition) is 6. The van der Waals surface area contributed by atoms with Gasteiger partial charge in [0.1, 0.15) is 5.82 Å². The van der Waals surface area contributed by atoms with Gasteiger partial charge in [-0.2, -0.15) is 0 Å². The lowest BCUT2D eigenvalue weighted by Crippen LogP contribution is -2.51. The Bertz CT molecular complexity index is 842. The van der Waals surface area contributed by atoms with Crippen LogP contribution in [0.5, 0.6) is 0 Å². The first-order valence-electron chi connectivity index (χ1n) is 11.8. The fourth-order valence-corrected chi connectivity index (χ4v) is 4.47. The van der Waals surface area contributed by atoms with Crippen molar-refractivity contribution in [1.82, 2.24) is 25.0 Å². The molecular weight excluding hydrogens is 400 g/mol. The summed E-state index contributed by atoms with van der Waals surface area (Å²) in [4.78, 5) is 26.7. The number of piperazine rings is 2. The standard InChI is InChI=1S/C25H36N6O/c1-21(19-29-15-17-31(18-16-29)24-5-3-4-10-26-24)27-25(32)23-8-6-22(7-9-23)20-30-13-11-28(2)12-14-30/h3-10,21H,11-20H2,1-2H3,(H,27,32). The minimum Gasteiger partial charge on any atom is -0.354 e.